The average Bonchev–Trinajstić information content (AvgIpc) is 3.45. The zero-order valence-corrected chi connectivity index (χ0v) is 20.7. The number of benzene rings is 3. The summed E-state index contributed by atoms with van der Waals surface area (Å²) in [5, 5.41) is 0.686. The first-order valence-electron chi connectivity index (χ1n) is 12.3. The first-order valence-corrected chi connectivity index (χ1v) is 12.7. The fraction of sp³-hybridized carbons (Fsp3) is 0.310. The van der Waals surface area contributed by atoms with E-state index in [-0.39, 0.29) is 11.8 Å². The molecule has 6 heteroatoms. The van der Waals surface area contributed by atoms with Gasteiger partial charge < -0.3 is 14.2 Å². The number of nitrogens with zero attached hydrogens (tertiary/aromatic N) is 3. The van der Waals surface area contributed by atoms with Crippen LogP contribution in [0.2, 0.25) is 5.02 Å². The largest absolute Gasteiger partial charge is 0.492 e. The molecule has 0 bridgehead atoms. The lowest BCUT2D eigenvalue weighted by Gasteiger charge is -2.18. The Morgan fingerprint density at radius 1 is 1.03 bits per heavy atom. The van der Waals surface area contributed by atoms with E-state index in [1.807, 2.05) is 47.4 Å². The topological polar surface area (TPSA) is 47.4 Å². The van der Waals surface area contributed by atoms with Crippen molar-refractivity contribution >= 4 is 34.2 Å². The Morgan fingerprint density at radius 3 is 2.57 bits per heavy atom. The van der Waals surface area contributed by atoms with E-state index >= 15 is 0 Å². The van der Waals surface area contributed by atoms with E-state index in [0.29, 0.717) is 31.1 Å². The molecule has 0 spiro atoms. The van der Waals surface area contributed by atoms with Crippen molar-refractivity contribution in [1.82, 2.24) is 9.55 Å². The van der Waals surface area contributed by atoms with Gasteiger partial charge in [0.1, 0.15) is 18.2 Å². The molecular formula is C29H30ClN3O2. The molecule has 5 nitrogen and oxygen atoms in total. The molecule has 0 saturated carbocycles. The van der Waals surface area contributed by atoms with Crippen LogP contribution >= 0.6 is 11.6 Å². The van der Waals surface area contributed by atoms with Crippen LogP contribution in [-0.2, 0) is 17.8 Å². The second-order valence-corrected chi connectivity index (χ2v) is 9.52. The number of ether oxygens (including phenoxy) is 1. The van der Waals surface area contributed by atoms with Crippen LogP contribution in [0.5, 0.6) is 5.75 Å². The Kier molecular flexibility index (Phi) is 7.05. The van der Waals surface area contributed by atoms with E-state index < -0.39 is 0 Å². The maximum Gasteiger partial charge on any atom is 0.227 e. The number of carbonyl (C=O) groups is 1. The summed E-state index contributed by atoms with van der Waals surface area (Å²) in [5.41, 5.74) is 4.29. The van der Waals surface area contributed by atoms with Crippen molar-refractivity contribution in [2.45, 2.75) is 45.1 Å². The summed E-state index contributed by atoms with van der Waals surface area (Å²) in [6.07, 6.45) is 3.90. The molecule has 180 valence electrons. The minimum absolute atomic E-state index is 0.0326. The number of aryl methyl sites for hydroxylation is 1. The van der Waals surface area contributed by atoms with Gasteiger partial charge in [0.2, 0.25) is 5.91 Å². The maximum atomic E-state index is 13.0. The molecule has 1 aliphatic rings. The summed E-state index contributed by atoms with van der Waals surface area (Å²) in [5.74, 6) is 1.91. The Balaban J connectivity index is 1.34. The van der Waals surface area contributed by atoms with Gasteiger partial charge in [-0.2, -0.15) is 0 Å². The highest BCUT2D eigenvalue weighted by Gasteiger charge is 2.34. The number of imidazole rings is 1. The number of rotatable bonds is 9. The summed E-state index contributed by atoms with van der Waals surface area (Å²) in [7, 11) is 0. The average molecular weight is 488 g/mol. The molecule has 1 fully saturated rings. The van der Waals surface area contributed by atoms with E-state index in [1.54, 1.807) is 0 Å². The molecule has 4 aromatic rings. The summed E-state index contributed by atoms with van der Waals surface area (Å²) >= 11 is 5.98. The SMILES string of the molecule is CCCCc1ccc(N2CC(c3nc4ccccc4n3CCOc3ccc(Cl)cc3)CC2=O)cc1. The zero-order chi connectivity index (χ0) is 24.2. The quantitative estimate of drug-likeness (QED) is 0.266. The summed E-state index contributed by atoms with van der Waals surface area (Å²) < 4.78 is 8.18. The molecule has 3 aromatic carbocycles. The highest BCUT2D eigenvalue weighted by molar-refractivity contribution is 6.30. The second-order valence-electron chi connectivity index (χ2n) is 9.09. The first kappa shape index (κ1) is 23.4. The smallest absolute Gasteiger partial charge is 0.227 e. The van der Waals surface area contributed by atoms with Gasteiger partial charge in [-0.15, -0.1) is 0 Å². The van der Waals surface area contributed by atoms with Crippen molar-refractivity contribution < 1.29 is 9.53 Å². The van der Waals surface area contributed by atoms with Crippen molar-refractivity contribution in [2.75, 3.05) is 18.1 Å². The van der Waals surface area contributed by atoms with Crippen LogP contribution in [-0.4, -0.2) is 28.6 Å². The van der Waals surface area contributed by atoms with Crippen molar-refractivity contribution in [1.29, 1.82) is 0 Å². The highest BCUT2D eigenvalue weighted by atomic mass is 35.5. The normalized spacial score (nSPS) is 15.8. The number of aromatic nitrogens is 2. The Bertz CT molecular complexity index is 1300. The molecule has 1 saturated heterocycles. The summed E-state index contributed by atoms with van der Waals surface area (Å²) in [6.45, 7) is 3.98. The molecule has 1 atom stereocenters. The van der Waals surface area contributed by atoms with Gasteiger partial charge in [0, 0.05) is 29.6 Å². The number of fused-ring (bicyclic) bond motifs is 1. The first-order chi connectivity index (χ1) is 17.1. The molecule has 1 amide bonds. The van der Waals surface area contributed by atoms with Crippen LogP contribution in [0.4, 0.5) is 5.69 Å². The van der Waals surface area contributed by atoms with Gasteiger partial charge in [-0.05, 0) is 66.9 Å². The van der Waals surface area contributed by atoms with E-state index in [2.05, 4.69) is 41.8 Å². The molecule has 1 aliphatic heterocycles. The molecule has 5 rings (SSSR count). The standard InChI is InChI=1S/C29H30ClN3O2/c1-2-3-6-21-9-13-24(14-10-21)33-20-22(19-28(33)34)29-31-26-7-4-5-8-27(26)32(29)17-18-35-25-15-11-23(30)12-16-25/h4-5,7-16,22H,2-3,6,17-20H2,1H3. The third-order valence-electron chi connectivity index (χ3n) is 6.64. The van der Waals surface area contributed by atoms with E-state index in [0.717, 1.165) is 34.7 Å². The maximum absolute atomic E-state index is 13.0. The predicted molar refractivity (Wildman–Crippen MR) is 141 cm³/mol. The highest BCUT2D eigenvalue weighted by Crippen LogP contribution is 2.33. The van der Waals surface area contributed by atoms with Gasteiger partial charge in [0.15, 0.2) is 0 Å². The van der Waals surface area contributed by atoms with Crippen LogP contribution in [0.15, 0.2) is 72.8 Å². The predicted octanol–water partition coefficient (Wildman–Crippen LogP) is 6.63. The lowest BCUT2D eigenvalue weighted by Crippen LogP contribution is -2.24. The minimum Gasteiger partial charge on any atom is -0.492 e. The van der Waals surface area contributed by atoms with Crippen LogP contribution < -0.4 is 9.64 Å². The Morgan fingerprint density at radius 2 is 1.80 bits per heavy atom. The lowest BCUT2D eigenvalue weighted by atomic mass is 10.1. The number of anilines is 1. The number of para-hydroxylation sites is 2. The monoisotopic (exact) mass is 487 g/mol. The molecule has 0 radical (unpaired) electrons. The second kappa shape index (κ2) is 10.5. The third-order valence-corrected chi connectivity index (χ3v) is 6.89. The van der Waals surface area contributed by atoms with Crippen molar-refractivity contribution in [3.05, 3.63) is 89.2 Å². The van der Waals surface area contributed by atoms with E-state index in [1.165, 1.54) is 18.4 Å². The number of carbonyl (C=O) groups excluding carboxylic acids is 1. The molecule has 0 N–H and O–H groups in total. The number of unbranched alkanes of at least 4 members (excludes halogenated alkanes) is 1. The summed E-state index contributed by atoms with van der Waals surface area (Å²) in [6, 6.07) is 24.0. The molecule has 1 aromatic heterocycles. The molecule has 2 heterocycles. The van der Waals surface area contributed by atoms with Crippen molar-refractivity contribution in [3.63, 3.8) is 0 Å². The molecule has 1 unspecified atom stereocenters. The molecule has 35 heavy (non-hydrogen) atoms. The number of amides is 1. The van der Waals surface area contributed by atoms with Gasteiger partial charge in [-0.1, -0.05) is 49.2 Å². The Hall–Kier alpha value is -3.31. The van der Waals surface area contributed by atoms with Crippen LogP contribution in [0.3, 0.4) is 0 Å². The van der Waals surface area contributed by atoms with Crippen LogP contribution in [0.25, 0.3) is 11.0 Å². The van der Waals surface area contributed by atoms with Crippen molar-refractivity contribution in [3.8, 4) is 5.75 Å². The number of hydrogen-bond acceptors (Lipinski definition) is 3. The summed E-state index contributed by atoms with van der Waals surface area (Å²) in [4.78, 5) is 19.9. The van der Waals surface area contributed by atoms with Crippen LogP contribution in [0, 0.1) is 0 Å². The Labute approximate surface area is 211 Å². The van der Waals surface area contributed by atoms with Gasteiger partial charge in [0.25, 0.3) is 0 Å². The molecular weight excluding hydrogens is 458 g/mol. The van der Waals surface area contributed by atoms with E-state index in [9.17, 15) is 4.79 Å². The fourth-order valence-corrected chi connectivity index (χ4v) is 4.91. The van der Waals surface area contributed by atoms with Crippen molar-refractivity contribution in [2.24, 2.45) is 0 Å². The van der Waals surface area contributed by atoms with E-state index in [4.69, 9.17) is 21.3 Å². The third kappa shape index (κ3) is 5.20. The van der Waals surface area contributed by atoms with Gasteiger partial charge in [0.05, 0.1) is 17.6 Å². The number of hydrogen-bond donors (Lipinski definition) is 0. The minimum atomic E-state index is 0.0326. The fourth-order valence-electron chi connectivity index (χ4n) is 4.78. The van der Waals surface area contributed by atoms with Gasteiger partial charge in [-0.3, -0.25) is 4.79 Å². The lowest BCUT2D eigenvalue weighted by molar-refractivity contribution is -0.117. The van der Waals surface area contributed by atoms with Gasteiger partial charge >= 0.3 is 0 Å². The van der Waals surface area contributed by atoms with Gasteiger partial charge in [-0.25, -0.2) is 4.98 Å². The van der Waals surface area contributed by atoms with Crippen LogP contribution in [0.1, 0.15) is 43.5 Å². The molecule has 0 aliphatic carbocycles. The number of halogens is 1. The zero-order valence-electron chi connectivity index (χ0n) is 20.0.